The summed E-state index contributed by atoms with van der Waals surface area (Å²) >= 11 is 0. The third-order valence-electron chi connectivity index (χ3n) is 2.98. The standard InChI is InChI=1S/C16H9F4N/c1-9(8-21)13(10-5-3-2-4-6-10)11-7-12(17)15(19)16(20)14(11)18/h2-7H,1H3/b13-9-. The van der Waals surface area contributed by atoms with Gasteiger partial charge in [0.1, 0.15) is 0 Å². The van der Waals surface area contributed by atoms with Crippen LogP contribution in [0.4, 0.5) is 17.6 Å². The van der Waals surface area contributed by atoms with Gasteiger partial charge >= 0.3 is 0 Å². The summed E-state index contributed by atoms with van der Waals surface area (Å²) in [6.07, 6.45) is 0. The molecule has 0 aliphatic rings. The third-order valence-corrected chi connectivity index (χ3v) is 2.98. The molecule has 0 saturated carbocycles. The van der Waals surface area contributed by atoms with Gasteiger partial charge in [-0.3, -0.25) is 0 Å². The average molecular weight is 291 g/mol. The fourth-order valence-electron chi connectivity index (χ4n) is 1.99. The summed E-state index contributed by atoms with van der Waals surface area (Å²) < 4.78 is 53.8. The van der Waals surface area contributed by atoms with Gasteiger partial charge in [-0.1, -0.05) is 30.3 Å². The average Bonchev–Trinajstić information content (AvgIpc) is 2.51. The molecule has 0 saturated heterocycles. The summed E-state index contributed by atoms with van der Waals surface area (Å²) in [6.45, 7) is 1.39. The van der Waals surface area contributed by atoms with Gasteiger partial charge < -0.3 is 0 Å². The van der Waals surface area contributed by atoms with E-state index in [4.69, 9.17) is 5.26 Å². The zero-order chi connectivity index (χ0) is 15.6. The van der Waals surface area contributed by atoms with Crippen LogP contribution < -0.4 is 0 Å². The van der Waals surface area contributed by atoms with E-state index in [0.717, 1.165) is 0 Å². The molecule has 21 heavy (non-hydrogen) atoms. The van der Waals surface area contributed by atoms with Gasteiger partial charge in [0.2, 0.25) is 0 Å². The first-order chi connectivity index (χ1) is 9.97. The number of hydrogen-bond donors (Lipinski definition) is 0. The summed E-state index contributed by atoms with van der Waals surface area (Å²) in [6, 6.07) is 10.5. The van der Waals surface area contributed by atoms with Gasteiger partial charge in [-0.25, -0.2) is 17.6 Å². The minimum absolute atomic E-state index is 0.0217. The molecule has 0 amide bonds. The van der Waals surface area contributed by atoms with E-state index in [1.54, 1.807) is 30.3 Å². The van der Waals surface area contributed by atoms with Gasteiger partial charge in [0.15, 0.2) is 23.3 Å². The van der Waals surface area contributed by atoms with Crippen LogP contribution in [-0.4, -0.2) is 0 Å². The first kappa shape index (κ1) is 14.8. The summed E-state index contributed by atoms with van der Waals surface area (Å²) in [5, 5.41) is 9.02. The summed E-state index contributed by atoms with van der Waals surface area (Å²) in [5.41, 5.74) is -0.00332. The summed E-state index contributed by atoms with van der Waals surface area (Å²) in [7, 11) is 0. The molecule has 2 rings (SSSR count). The zero-order valence-electron chi connectivity index (χ0n) is 10.9. The van der Waals surface area contributed by atoms with E-state index in [2.05, 4.69) is 0 Å². The number of nitrogens with zero attached hydrogens (tertiary/aromatic N) is 1. The van der Waals surface area contributed by atoms with Crippen molar-refractivity contribution in [2.24, 2.45) is 0 Å². The van der Waals surface area contributed by atoms with Gasteiger partial charge in [-0.15, -0.1) is 0 Å². The van der Waals surface area contributed by atoms with E-state index >= 15 is 0 Å². The Morgan fingerprint density at radius 1 is 0.952 bits per heavy atom. The lowest BCUT2D eigenvalue weighted by atomic mass is 9.93. The Morgan fingerprint density at radius 3 is 2.14 bits per heavy atom. The Labute approximate surface area is 118 Å². The van der Waals surface area contributed by atoms with Crippen LogP contribution in [0.1, 0.15) is 18.1 Å². The van der Waals surface area contributed by atoms with Gasteiger partial charge in [0, 0.05) is 16.7 Å². The molecule has 0 aromatic heterocycles. The van der Waals surface area contributed by atoms with Crippen molar-refractivity contribution < 1.29 is 17.6 Å². The molecule has 0 atom stereocenters. The second-order valence-electron chi connectivity index (χ2n) is 4.33. The van der Waals surface area contributed by atoms with Crippen LogP contribution >= 0.6 is 0 Å². The van der Waals surface area contributed by atoms with Crippen molar-refractivity contribution in [2.75, 3.05) is 0 Å². The molecule has 0 N–H and O–H groups in total. The molecule has 0 bridgehead atoms. The molecular weight excluding hydrogens is 282 g/mol. The quantitative estimate of drug-likeness (QED) is 0.343. The molecule has 106 valence electrons. The number of allylic oxidation sites excluding steroid dienone is 1. The highest BCUT2D eigenvalue weighted by atomic mass is 19.2. The van der Waals surface area contributed by atoms with Crippen molar-refractivity contribution in [3.8, 4) is 6.07 Å². The fourth-order valence-corrected chi connectivity index (χ4v) is 1.99. The third kappa shape index (κ3) is 2.65. The van der Waals surface area contributed by atoms with Crippen LogP contribution in [0, 0.1) is 34.6 Å². The molecular formula is C16H9F4N. The Morgan fingerprint density at radius 2 is 1.57 bits per heavy atom. The molecule has 0 heterocycles. The SMILES string of the molecule is C/C(C#N)=C(\c1ccccc1)c1cc(F)c(F)c(F)c1F. The largest absolute Gasteiger partial charge is 0.204 e. The Hall–Kier alpha value is -2.61. The predicted molar refractivity (Wildman–Crippen MR) is 70.0 cm³/mol. The van der Waals surface area contributed by atoms with Gasteiger partial charge in [0.25, 0.3) is 0 Å². The lowest BCUT2D eigenvalue weighted by molar-refractivity contribution is 0.408. The Bertz CT molecular complexity index is 758. The highest BCUT2D eigenvalue weighted by Gasteiger charge is 2.22. The maximum Gasteiger partial charge on any atom is 0.198 e. The van der Waals surface area contributed by atoms with Crippen molar-refractivity contribution in [2.45, 2.75) is 6.92 Å². The van der Waals surface area contributed by atoms with Crippen LogP contribution in [0.2, 0.25) is 0 Å². The lowest BCUT2D eigenvalue weighted by Gasteiger charge is -2.12. The number of rotatable bonds is 2. The molecule has 2 aromatic carbocycles. The van der Waals surface area contributed by atoms with E-state index in [1.807, 2.05) is 6.07 Å². The van der Waals surface area contributed by atoms with E-state index in [0.29, 0.717) is 11.6 Å². The highest BCUT2D eigenvalue weighted by Crippen LogP contribution is 2.31. The maximum atomic E-state index is 13.9. The number of hydrogen-bond acceptors (Lipinski definition) is 1. The second-order valence-corrected chi connectivity index (χ2v) is 4.33. The number of nitriles is 1. The molecule has 0 spiro atoms. The van der Waals surface area contributed by atoms with Crippen LogP contribution in [0.3, 0.4) is 0 Å². The molecule has 1 nitrogen and oxygen atoms in total. The molecule has 2 aromatic rings. The summed E-state index contributed by atoms with van der Waals surface area (Å²) in [5.74, 6) is -6.81. The highest BCUT2D eigenvalue weighted by molar-refractivity contribution is 5.84. The molecule has 0 radical (unpaired) electrons. The van der Waals surface area contributed by atoms with Crippen molar-refractivity contribution >= 4 is 5.57 Å². The monoisotopic (exact) mass is 291 g/mol. The first-order valence-corrected chi connectivity index (χ1v) is 5.97. The van der Waals surface area contributed by atoms with Crippen molar-refractivity contribution in [3.05, 3.63) is 76.4 Å². The van der Waals surface area contributed by atoms with Gasteiger partial charge in [-0.2, -0.15) is 5.26 Å². The summed E-state index contributed by atoms with van der Waals surface area (Å²) in [4.78, 5) is 0. The zero-order valence-corrected chi connectivity index (χ0v) is 10.9. The van der Waals surface area contributed by atoms with Crippen LogP contribution in [-0.2, 0) is 0 Å². The van der Waals surface area contributed by atoms with E-state index in [-0.39, 0.29) is 11.1 Å². The van der Waals surface area contributed by atoms with Gasteiger partial charge in [0.05, 0.1) is 6.07 Å². The van der Waals surface area contributed by atoms with Crippen molar-refractivity contribution in [1.82, 2.24) is 0 Å². The lowest BCUT2D eigenvalue weighted by Crippen LogP contribution is -2.03. The van der Waals surface area contributed by atoms with Crippen molar-refractivity contribution in [1.29, 1.82) is 5.26 Å². The second kappa shape index (κ2) is 5.80. The van der Waals surface area contributed by atoms with Crippen LogP contribution in [0.15, 0.2) is 42.0 Å². The Kier molecular flexibility index (Phi) is 4.08. The van der Waals surface area contributed by atoms with Gasteiger partial charge in [-0.05, 0) is 18.6 Å². The molecule has 0 fully saturated rings. The van der Waals surface area contributed by atoms with Crippen molar-refractivity contribution in [3.63, 3.8) is 0 Å². The number of halogens is 4. The Balaban J connectivity index is 2.81. The van der Waals surface area contributed by atoms with E-state index in [1.165, 1.54) is 6.92 Å². The molecule has 0 unspecified atom stereocenters. The number of benzene rings is 2. The van der Waals surface area contributed by atoms with E-state index in [9.17, 15) is 17.6 Å². The minimum Gasteiger partial charge on any atom is -0.204 e. The fraction of sp³-hybridized carbons (Fsp3) is 0.0625. The molecule has 0 aliphatic heterocycles. The topological polar surface area (TPSA) is 23.8 Å². The van der Waals surface area contributed by atoms with Crippen LogP contribution in [0.5, 0.6) is 0 Å². The smallest absolute Gasteiger partial charge is 0.198 e. The normalized spacial score (nSPS) is 11.8. The predicted octanol–water partition coefficient (Wildman–Crippen LogP) is 4.59. The maximum absolute atomic E-state index is 13.9. The minimum atomic E-state index is -1.90. The molecule has 0 aliphatic carbocycles. The molecule has 5 heteroatoms. The van der Waals surface area contributed by atoms with E-state index < -0.39 is 28.8 Å². The van der Waals surface area contributed by atoms with Crippen LogP contribution in [0.25, 0.3) is 5.57 Å². The first-order valence-electron chi connectivity index (χ1n) is 5.97.